The molecule has 4 amide bonds. The van der Waals surface area contributed by atoms with Gasteiger partial charge >= 0.3 is 0 Å². The number of imide groups is 1. The van der Waals surface area contributed by atoms with Crippen molar-refractivity contribution in [3.8, 4) is 0 Å². The van der Waals surface area contributed by atoms with Gasteiger partial charge in [-0.15, -0.1) is 0 Å². The molecule has 0 spiro atoms. The maximum Gasteiger partial charge on any atom is 0.255 e. The van der Waals surface area contributed by atoms with Crippen molar-refractivity contribution in [1.29, 1.82) is 0 Å². The van der Waals surface area contributed by atoms with Crippen LogP contribution in [0.5, 0.6) is 0 Å². The van der Waals surface area contributed by atoms with Crippen LogP contribution in [0.1, 0.15) is 76.3 Å². The van der Waals surface area contributed by atoms with Gasteiger partial charge in [0.05, 0.1) is 11.7 Å². The number of hydrogen-bond donors (Lipinski definition) is 2. The minimum Gasteiger partial charge on any atom is -0.344 e. The van der Waals surface area contributed by atoms with Crippen molar-refractivity contribution >= 4 is 23.6 Å². The molecule has 32 heavy (non-hydrogen) atoms. The van der Waals surface area contributed by atoms with E-state index in [0.29, 0.717) is 23.1 Å². The third kappa shape index (κ3) is 3.57. The maximum absolute atomic E-state index is 12.9. The summed E-state index contributed by atoms with van der Waals surface area (Å²) in [6, 6.07) is 6.12. The lowest BCUT2D eigenvalue weighted by atomic mass is 10.0. The summed E-state index contributed by atoms with van der Waals surface area (Å²) >= 11 is 0. The topological polar surface area (TPSA) is 113 Å². The Labute approximate surface area is 185 Å². The standard InChI is InChI=1S/C23H25N5O4/c1-13(18-11-16-4-2-3-9-28(16)26-18)24-21(30)14-5-6-17-15(10-14)12-27(23(17)32)19-7-8-20(29)25-22(19)31/h5-6,10-11,13,19H,2-4,7-9,12H2,1H3,(H,24,30)(H,25,29,31). The highest BCUT2D eigenvalue weighted by Crippen LogP contribution is 2.28. The number of amides is 4. The Kier molecular flexibility index (Phi) is 5.03. The number of nitrogens with zero attached hydrogens (tertiary/aromatic N) is 3. The molecule has 1 aromatic heterocycles. The van der Waals surface area contributed by atoms with Crippen LogP contribution in [-0.4, -0.2) is 44.4 Å². The molecule has 1 aromatic carbocycles. The first-order valence-electron chi connectivity index (χ1n) is 11.1. The average molecular weight is 435 g/mol. The Balaban J connectivity index is 1.29. The molecule has 3 aliphatic rings. The number of benzene rings is 1. The normalized spacial score (nSPS) is 21.1. The van der Waals surface area contributed by atoms with Gasteiger partial charge in [0.25, 0.3) is 11.8 Å². The lowest BCUT2D eigenvalue weighted by Crippen LogP contribution is -2.52. The van der Waals surface area contributed by atoms with E-state index in [0.717, 1.165) is 31.5 Å². The van der Waals surface area contributed by atoms with E-state index in [-0.39, 0.29) is 36.7 Å². The van der Waals surface area contributed by atoms with Gasteiger partial charge in [-0.05, 0) is 62.4 Å². The van der Waals surface area contributed by atoms with Gasteiger partial charge < -0.3 is 10.2 Å². The summed E-state index contributed by atoms with van der Waals surface area (Å²) in [6.45, 7) is 3.07. The first-order chi connectivity index (χ1) is 15.4. The summed E-state index contributed by atoms with van der Waals surface area (Å²) in [7, 11) is 0. The van der Waals surface area contributed by atoms with Crippen LogP contribution in [0.2, 0.25) is 0 Å². The van der Waals surface area contributed by atoms with Crippen molar-refractivity contribution in [3.63, 3.8) is 0 Å². The summed E-state index contributed by atoms with van der Waals surface area (Å²) in [4.78, 5) is 50.8. The lowest BCUT2D eigenvalue weighted by Gasteiger charge is -2.29. The quantitative estimate of drug-likeness (QED) is 0.706. The van der Waals surface area contributed by atoms with Crippen LogP contribution in [0.15, 0.2) is 24.3 Å². The molecule has 2 atom stereocenters. The van der Waals surface area contributed by atoms with E-state index in [9.17, 15) is 19.2 Å². The van der Waals surface area contributed by atoms with Crippen LogP contribution in [0.25, 0.3) is 0 Å². The van der Waals surface area contributed by atoms with Crippen LogP contribution < -0.4 is 10.6 Å². The van der Waals surface area contributed by atoms with Crippen molar-refractivity contribution in [2.24, 2.45) is 0 Å². The second-order valence-corrected chi connectivity index (χ2v) is 8.71. The zero-order valence-electron chi connectivity index (χ0n) is 17.9. The van der Waals surface area contributed by atoms with Crippen LogP contribution in [0, 0.1) is 0 Å². The van der Waals surface area contributed by atoms with E-state index < -0.39 is 11.9 Å². The summed E-state index contributed by atoms with van der Waals surface area (Å²) in [5, 5.41) is 9.92. The molecule has 9 heteroatoms. The van der Waals surface area contributed by atoms with Gasteiger partial charge in [-0.3, -0.25) is 29.2 Å². The minimum atomic E-state index is -0.670. The van der Waals surface area contributed by atoms with Gasteiger partial charge in [-0.25, -0.2) is 0 Å². The number of aromatic nitrogens is 2. The zero-order chi connectivity index (χ0) is 22.4. The molecule has 0 radical (unpaired) electrons. The Bertz CT molecular complexity index is 1110. The van der Waals surface area contributed by atoms with E-state index in [4.69, 9.17) is 0 Å². The molecule has 1 fully saturated rings. The Morgan fingerprint density at radius 3 is 2.81 bits per heavy atom. The molecule has 166 valence electrons. The number of hydrogen-bond acceptors (Lipinski definition) is 5. The Hall–Kier alpha value is -3.49. The molecule has 2 aromatic rings. The largest absolute Gasteiger partial charge is 0.344 e. The number of fused-ring (bicyclic) bond motifs is 2. The Morgan fingerprint density at radius 1 is 1.19 bits per heavy atom. The lowest BCUT2D eigenvalue weighted by molar-refractivity contribution is -0.136. The molecule has 0 bridgehead atoms. The fourth-order valence-corrected chi connectivity index (χ4v) is 4.72. The monoisotopic (exact) mass is 435 g/mol. The van der Waals surface area contributed by atoms with Crippen molar-refractivity contribution in [2.45, 2.75) is 64.2 Å². The molecule has 1 saturated heterocycles. The van der Waals surface area contributed by atoms with Crippen LogP contribution in [0.4, 0.5) is 0 Å². The molecule has 2 unspecified atom stereocenters. The zero-order valence-corrected chi connectivity index (χ0v) is 17.9. The van der Waals surface area contributed by atoms with Crippen molar-refractivity contribution in [2.75, 3.05) is 0 Å². The van der Waals surface area contributed by atoms with Gasteiger partial charge in [0.2, 0.25) is 11.8 Å². The van der Waals surface area contributed by atoms with E-state index in [2.05, 4.69) is 21.8 Å². The van der Waals surface area contributed by atoms with Gasteiger partial charge in [-0.2, -0.15) is 5.10 Å². The third-order valence-corrected chi connectivity index (χ3v) is 6.51. The number of rotatable bonds is 4. The summed E-state index contributed by atoms with van der Waals surface area (Å²) < 4.78 is 2.02. The smallest absolute Gasteiger partial charge is 0.255 e. The highest BCUT2D eigenvalue weighted by Gasteiger charge is 2.39. The van der Waals surface area contributed by atoms with Gasteiger partial charge in [-0.1, -0.05) is 0 Å². The predicted octanol–water partition coefficient (Wildman–Crippen LogP) is 1.47. The SMILES string of the molecule is CC(NC(=O)c1ccc2c(c1)CN(C1CCC(=O)NC1=O)C2=O)c1cc2n(n1)CCCC2. The van der Waals surface area contributed by atoms with E-state index in [1.165, 1.54) is 10.6 Å². The van der Waals surface area contributed by atoms with Gasteiger partial charge in [0.1, 0.15) is 6.04 Å². The molecule has 4 heterocycles. The number of carbonyl (C=O) groups excluding carboxylic acids is 4. The first-order valence-corrected chi connectivity index (χ1v) is 11.1. The van der Waals surface area contributed by atoms with Crippen molar-refractivity contribution in [1.82, 2.24) is 25.3 Å². The fraction of sp³-hybridized carbons (Fsp3) is 0.435. The second-order valence-electron chi connectivity index (χ2n) is 8.71. The molecule has 5 rings (SSSR count). The van der Waals surface area contributed by atoms with Gasteiger partial charge in [0, 0.05) is 36.3 Å². The number of carbonyl (C=O) groups is 4. The van der Waals surface area contributed by atoms with Gasteiger partial charge in [0.15, 0.2) is 0 Å². The third-order valence-electron chi connectivity index (χ3n) is 6.51. The van der Waals surface area contributed by atoms with Crippen LogP contribution in [-0.2, 0) is 29.1 Å². The minimum absolute atomic E-state index is 0.208. The average Bonchev–Trinajstić information content (AvgIpc) is 3.35. The Morgan fingerprint density at radius 2 is 2.03 bits per heavy atom. The molecule has 3 aliphatic heterocycles. The van der Waals surface area contributed by atoms with E-state index in [1.807, 2.05) is 11.6 Å². The summed E-state index contributed by atoms with van der Waals surface area (Å²) in [5.41, 5.74) is 3.70. The predicted molar refractivity (Wildman–Crippen MR) is 114 cm³/mol. The van der Waals surface area contributed by atoms with Crippen LogP contribution >= 0.6 is 0 Å². The van der Waals surface area contributed by atoms with E-state index >= 15 is 0 Å². The fourth-order valence-electron chi connectivity index (χ4n) is 4.72. The molecule has 9 nitrogen and oxygen atoms in total. The molecule has 0 aliphatic carbocycles. The van der Waals surface area contributed by atoms with E-state index in [1.54, 1.807) is 18.2 Å². The van der Waals surface area contributed by atoms with Crippen molar-refractivity contribution < 1.29 is 19.2 Å². The molecular formula is C23H25N5O4. The second kappa shape index (κ2) is 7.89. The van der Waals surface area contributed by atoms with Crippen LogP contribution in [0.3, 0.4) is 0 Å². The molecule has 0 saturated carbocycles. The highest BCUT2D eigenvalue weighted by molar-refractivity contribution is 6.06. The number of piperidine rings is 1. The highest BCUT2D eigenvalue weighted by atomic mass is 16.2. The maximum atomic E-state index is 12.9. The molecule has 2 N–H and O–H groups in total. The number of aryl methyl sites for hydroxylation is 2. The first kappa shape index (κ1) is 20.4. The number of nitrogens with one attached hydrogen (secondary N) is 2. The van der Waals surface area contributed by atoms with Crippen molar-refractivity contribution in [3.05, 3.63) is 52.3 Å². The molecular weight excluding hydrogens is 410 g/mol. The summed E-state index contributed by atoms with van der Waals surface area (Å²) in [6.07, 6.45) is 3.81. The summed E-state index contributed by atoms with van der Waals surface area (Å²) in [5.74, 6) is -1.25.